The van der Waals surface area contributed by atoms with Crippen molar-refractivity contribution in [1.29, 1.82) is 0 Å². The first-order valence-corrected chi connectivity index (χ1v) is 8.75. The lowest BCUT2D eigenvalue weighted by atomic mass is 10.1. The third kappa shape index (κ3) is 4.26. The van der Waals surface area contributed by atoms with Gasteiger partial charge >= 0.3 is 0 Å². The monoisotopic (exact) mass is 343 g/mol. The molecule has 1 unspecified atom stereocenters. The number of pyridine rings is 1. The predicted molar refractivity (Wildman–Crippen MR) is 96.5 cm³/mol. The Hall–Kier alpha value is -2.64. The fourth-order valence-corrected chi connectivity index (χ4v) is 2.97. The number of rotatable bonds is 5. The van der Waals surface area contributed by atoms with Crippen molar-refractivity contribution in [2.75, 3.05) is 26.7 Å². The molecule has 2 N–H and O–H groups in total. The normalized spacial score (nSPS) is 18.6. The largest absolute Gasteiger partial charge is 0.357 e. The van der Waals surface area contributed by atoms with Gasteiger partial charge < -0.3 is 15.5 Å². The summed E-state index contributed by atoms with van der Waals surface area (Å²) in [7, 11) is 1.84. The number of nitrogens with zero attached hydrogens (tertiary/aromatic N) is 5. The highest BCUT2D eigenvalue weighted by molar-refractivity contribution is 5.81. The Labute approximate surface area is 147 Å². The number of aliphatic imine (C=N–C) groups is 1. The molecule has 1 aliphatic rings. The Balaban J connectivity index is 1.59. The minimum absolute atomic E-state index is 0.207. The van der Waals surface area contributed by atoms with E-state index in [1.165, 1.54) is 0 Å². The van der Waals surface area contributed by atoms with E-state index in [2.05, 4.69) is 25.8 Å². The van der Waals surface area contributed by atoms with E-state index >= 15 is 0 Å². The smallest absolute Gasteiger partial charge is 0.222 e. The highest BCUT2D eigenvalue weighted by atomic mass is 16.2. The number of likely N-dealkylation sites (N-methyl/N-ethyl adjacent to an activating group) is 1. The summed E-state index contributed by atoms with van der Waals surface area (Å²) >= 11 is 0. The van der Waals surface area contributed by atoms with Crippen LogP contribution < -0.4 is 10.6 Å². The number of guanidine groups is 1. The van der Waals surface area contributed by atoms with Crippen LogP contribution in [0.5, 0.6) is 0 Å². The van der Waals surface area contributed by atoms with Gasteiger partial charge in [0.05, 0.1) is 0 Å². The van der Waals surface area contributed by atoms with Crippen LogP contribution in [0.3, 0.4) is 0 Å². The van der Waals surface area contributed by atoms with Gasteiger partial charge in [0.15, 0.2) is 11.6 Å². The van der Waals surface area contributed by atoms with Gasteiger partial charge in [-0.2, -0.15) is 0 Å². The molecule has 0 bridgehead atoms. The van der Waals surface area contributed by atoms with E-state index in [-0.39, 0.29) is 11.9 Å². The average molecular weight is 343 g/mol. The molecule has 8 nitrogen and oxygen atoms in total. The molecule has 0 spiro atoms. The Kier molecular flexibility index (Phi) is 5.47. The lowest BCUT2D eigenvalue weighted by Crippen LogP contribution is -2.51. The SMILES string of the molecule is CCNC(=NCCc1nnc2ccccn12)NC1CCC(=O)N(C)C1. The van der Waals surface area contributed by atoms with Gasteiger partial charge in [0.2, 0.25) is 5.91 Å². The number of aromatic nitrogens is 3. The number of hydrogen-bond acceptors (Lipinski definition) is 4. The molecule has 2 aromatic rings. The van der Waals surface area contributed by atoms with Crippen molar-refractivity contribution in [3.63, 3.8) is 0 Å². The summed E-state index contributed by atoms with van der Waals surface area (Å²) < 4.78 is 1.98. The maximum absolute atomic E-state index is 11.6. The minimum atomic E-state index is 0.207. The van der Waals surface area contributed by atoms with E-state index in [1.807, 2.05) is 42.8 Å². The van der Waals surface area contributed by atoms with Crippen molar-refractivity contribution in [3.05, 3.63) is 30.2 Å². The first-order valence-electron chi connectivity index (χ1n) is 8.75. The van der Waals surface area contributed by atoms with Gasteiger partial charge in [-0.25, -0.2) is 0 Å². The van der Waals surface area contributed by atoms with Crippen LogP contribution in [0.15, 0.2) is 29.4 Å². The molecule has 1 fully saturated rings. The molecule has 3 heterocycles. The van der Waals surface area contributed by atoms with Crippen molar-refractivity contribution >= 4 is 17.5 Å². The van der Waals surface area contributed by atoms with Gasteiger partial charge in [-0.3, -0.25) is 14.2 Å². The molecule has 25 heavy (non-hydrogen) atoms. The number of hydrogen-bond donors (Lipinski definition) is 2. The highest BCUT2D eigenvalue weighted by Gasteiger charge is 2.23. The van der Waals surface area contributed by atoms with Crippen LogP contribution in [0.4, 0.5) is 0 Å². The number of amides is 1. The lowest BCUT2D eigenvalue weighted by Gasteiger charge is -2.31. The Morgan fingerprint density at radius 2 is 2.28 bits per heavy atom. The molecule has 3 rings (SSSR count). The van der Waals surface area contributed by atoms with Gasteiger partial charge in [0.1, 0.15) is 5.82 Å². The summed E-state index contributed by atoms with van der Waals surface area (Å²) in [6.45, 7) is 4.16. The van der Waals surface area contributed by atoms with E-state index in [0.29, 0.717) is 25.9 Å². The second-order valence-electron chi connectivity index (χ2n) is 6.21. The zero-order valence-corrected chi connectivity index (χ0v) is 14.8. The summed E-state index contributed by atoms with van der Waals surface area (Å²) in [5, 5.41) is 15.1. The van der Waals surface area contributed by atoms with Gasteiger partial charge in [-0.15, -0.1) is 10.2 Å². The summed E-state index contributed by atoms with van der Waals surface area (Å²) in [4.78, 5) is 18.0. The van der Waals surface area contributed by atoms with Crippen LogP contribution in [0, 0.1) is 0 Å². The van der Waals surface area contributed by atoms with E-state index < -0.39 is 0 Å². The maximum Gasteiger partial charge on any atom is 0.222 e. The van der Waals surface area contributed by atoms with Crippen LogP contribution in [-0.4, -0.2) is 64.1 Å². The van der Waals surface area contributed by atoms with Crippen LogP contribution in [0.25, 0.3) is 5.65 Å². The van der Waals surface area contributed by atoms with E-state index in [9.17, 15) is 4.79 Å². The van der Waals surface area contributed by atoms with Gasteiger partial charge in [-0.05, 0) is 25.5 Å². The molecular formula is C17H25N7O. The number of carbonyl (C=O) groups excluding carboxylic acids is 1. The molecule has 8 heteroatoms. The van der Waals surface area contributed by atoms with E-state index in [4.69, 9.17) is 0 Å². The van der Waals surface area contributed by atoms with E-state index in [0.717, 1.165) is 30.4 Å². The molecule has 1 atom stereocenters. The van der Waals surface area contributed by atoms with Crippen molar-refractivity contribution in [3.8, 4) is 0 Å². The van der Waals surface area contributed by atoms with Crippen molar-refractivity contribution in [2.24, 2.45) is 4.99 Å². The van der Waals surface area contributed by atoms with Crippen molar-refractivity contribution in [2.45, 2.75) is 32.2 Å². The Bertz CT molecular complexity index is 754. The van der Waals surface area contributed by atoms with Gasteiger partial charge in [-0.1, -0.05) is 6.07 Å². The van der Waals surface area contributed by atoms with Crippen LogP contribution in [-0.2, 0) is 11.2 Å². The standard InChI is InChI=1S/C17H25N7O/c1-3-18-17(20-13-7-8-16(25)23(2)12-13)19-10-9-15-22-21-14-6-4-5-11-24(14)15/h4-6,11,13H,3,7-10,12H2,1-2H3,(H2,18,19,20). The highest BCUT2D eigenvalue weighted by Crippen LogP contribution is 2.09. The quantitative estimate of drug-likeness (QED) is 0.608. The summed E-state index contributed by atoms with van der Waals surface area (Å²) in [5.74, 6) is 1.89. The Morgan fingerprint density at radius 3 is 3.08 bits per heavy atom. The molecule has 134 valence electrons. The fraction of sp³-hybridized carbons (Fsp3) is 0.529. The maximum atomic E-state index is 11.6. The molecule has 1 saturated heterocycles. The third-order valence-electron chi connectivity index (χ3n) is 4.30. The van der Waals surface area contributed by atoms with Gasteiger partial charge in [0.25, 0.3) is 0 Å². The molecule has 0 aromatic carbocycles. The lowest BCUT2D eigenvalue weighted by molar-refractivity contribution is -0.132. The molecule has 0 radical (unpaired) electrons. The number of carbonyl (C=O) groups is 1. The zero-order valence-electron chi connectivity index (χ0n) is 14.8. The molecule has 1 amide bonds. The molecule has 0 saturated carbocycles. The summed E-state index contributed by atoms with van der Waals surface area (Å²) in [6.07, 6.45) is 4.10. The van der Waals surface area contributed by atoms with Crippen LogP contribution >= 0.6 is 0 Å². The number of piperidine rings is 1. The fourth-order valence-electron chi connectivity index (χ4n) is 2.97. The minimum Gasteiger partial charge on any atom is -0.357 e. The first kappa shape index (κ1) is 17.2. The van der Waals surface area contributed by atoms with Crippen LogP contribution in [0.2, 0.25) is 0 Å². The van der Waals surface area contributed by atoms with Gasteiger partial charge in [0, 0.05) is 51.8 Å². The molecule has 1 aliphatic heterocycles. The van der Waals surface area contributed by atoms with Crippen molar-refractivity contribution < 1.29 is 4.79 Å². The number of nitrogens with one attached hydrogen (secondary N) is 2. The van der Waals surface area contributed by atoms with Crippen LogP contribution in [0.1, 0.15) is 25.6 Å². The summed E-state index contributed by atoms with van der Waals surface area (Å²) in [5.41, 5.74) is 0.849. The Morgan fingerprint density at radius 1 is 1.40 bits per heavy atom. The summed E-state index contributed by atoms with van der Waals surface area (Å²) in [6, 6.07) is 6.09. The second-order valence-corrected chi connectivity index (χ2v) is 6.21. The number of likely N-dealkylation sites (tertiary alicyclic amines) is 1. The second kappa shape index (κ2) is 7.96. The van der Waals surface area contributed by atoms with E-state index in [1.54, 1.807) is 4.90 Å². The third-order valence-corrected chi connectivity index (χ3v) is 4.30. The predicted octanol–water partition coefficient (Wildman–Crippen LogP) is 0.448. The topological polar surface area (TPSA) is 86.9 Å². The first-order chi connectivity index (χ1) is 12.2. The number of fused-ring (bicyclic) bond motifs is 1. The molecule has 0 aliphatic carbocycles. The van der Waals surface area contributed by atoms with Crippen molar-refractivity contribution in [1.82, 2.24) is 30.1 Å². The zero-order chi connectivity index (χ0) is 17.6. The molecule has 2 aromatic heterocycles. The average Bonchev–Trinajstić information content (AvgIpc) is 3.02. The molecular weight excluding hydrogens is 318 g/mol.